The third-order valence-corrected chi connectivity index (χ3v) is 7.01. The smallest absolute Gasteiger partial charge is 0.269 e. The molecular formula is C25H23N3O5. The van der Waals surface area contributed by atoms with Crippen LogP contribution in [-0.2, 0) is 20.8 Å². The quantitative estimate of drug-likeness (QED) is 0.326. The number of rotatable bonds is 5. The fourth-order valence-electron chi connectivity index (χ4n) is 5.37. The van der Waals surface area contributed by atoms with E-state index in [1.807, 2.05) is 0 Å². The van der Waals surface area contributed by atoms with Crippen molar-refractivity contribution < 1.29 is 19.3 Å². The van der Waals surface area contributed by atoms with E-state index in [1.54, 1.807) is 31.2 Å². The van der Waals surface area contributed by atoms with E-state index in [2.05, 4.69) is 17.5 Å². The minimum absolute atomic E-state index is 0.0317. The number of nitro groups is 1. The highest BCUT2D eigenvalue weighted by Crippen LogP contribution is 2.50. The van der Waals surface area contributed by atoms with Gasteiger partial charge in [-0.05, 0) is 60.9 Å². The van der Waals surface area contributed by atoms with Crippen LogP contribution in [-0.4, -0.2) is 22.6 Å². The van der Waals surface area contributed by atoms with Crippen molar-refractivity contribution in [2.24, 2.45) is 23.7 Å². The molecule has 8 heteroatoms. The van der Waals surface area contributed by atoms with Crippen LogP contribution in [0.25, 0.3) is 0 Å². The Morgan fingerprint density at radius 3 is 2.15 bits per heavy atom. The monoisotopic (exact) mass is 445 g/mol. The predicted octanol–water partition coefficient (Wildman–Crippen LogP) is 3.79. The van der Waals surface area contributed by atoms with Crippen LogP contribution in [0.5, 0.6) is 0 Å². The average molecular weight is 445 g/mol. The number of hydrogen-bond donors (Lipinski definition) is 1. The number of allylic oxidation sites excluding steroid dienone is 2. The van der Waals surface area contributed by atoms with Crippen molar-refractivity contribution in [3.8, 4) is 0 Å². The summed E-state index contributed by atoms with van der Waals surface area (Å²) in [6.07, 6.45) is 6.20. The molecule has 0 aromatic heterocycles. The standard InChI is InChI=1S/C25H23N3O5/c1-14-12-19(28(32)33)10-11-20(14)26-21(29)13-15-2-8-18(9-3-15)27-24(30)22-16-4-5-17(7-6-16)23(22)25(27)31/h2-5,8-12,16-17,22-23H,6-7,13H2,1H3,(H,26,29). The predicted molar refractivity (Wildman–Crippen MR) is 121 cm³/mol. The Hall–Kier alpha value is -3.81. The number of nitro benzene ring substituents is 1. The lowest BCUT2D eigenvalue weighted by Gasteiger charge is -2.38. The van der Waals surface area contributed by atoms with Crippen LogP contribution in [0.3, 0.4) is 0 Å². The topological polar surface area (TPSA) is 110 Å². The molecule has 2 aromatic carbocycles. The molecule has 4 aliphatic rings. The van der Waals surface area contributed by atoms with E-state index in [0.29, 0.717) is 16.9 Å². The Bertz CT molecular complexity index is 1170. The van der Waals surface area contributed by atoms with E-state index in [-0.39, 0.29) is 53.5 Å². The molecule has 6 rings (SSSR count). The van der Waals surface area contributed by atoms with Gasteiger partial charge in [-0.2, -0.15) is 0 Å². The van der Waals surface area contributed by atoms with Gasteiger partial charge in [-0.3, -0.25) is 29.4 Å². The zero-order valence-electron chi connectivity index (χ0n) is 18.1. The molecular weight excluding hydrogens is 422 g/mol. The summed E-state index contributed by atoms with van der Waals surface area (Å²) in [5, 5.41) is 13.6. The summed E-state index contributed by atoms with van der Waals surface area (Å²) in [6.45, 7) is 1.70. The maximum atomic E-state index is 13.1. The summed E-state index contributed by atoms with van der Waals surface area (Å²) in [6, 6.07) is 11.2. The van der Waals surface area contributed by atoms with E-state index in [1.165, 1.54) is 23.1 Å². The minimum atomic E-state index is -0.480. The molecule has 0 radical (unpaired) electrons. The summed E-state index contributed by atoms with van der Waals surface area (Å²) in [4.78, 5) is 50.3. The Morgan fingerprint density at radius 1 is 1.03 bits per heavy atom. The molecule has 0 spiro atoms. The molecule has 3 aliphatic carbocycles. The molecule has 1 aliphatic heterocycles. The van der Waals surface area contributed by atoms with Gasteiger partial charge >= 0.3 is 0 Å². The van der Waals surface area contributed by atoms with Gasteiger partial charge in [0.05, 0.1) is 28.9 Å². The largest absolute Gasteiger partial charge is 0.326 e. The number of carbonyl (C=O) groups excluding carboxylic acids is 3. The number of hydrogen-bond acceptors (Lipinski definition) is 5. The van der Waals surface area contributed by atoms with Crippen molar-refractivity contribution >= 4 is 34.8 Å². The summed E-state index contributed by atoms with van der Waals surface area (Å²) in [5.74, 6) is -0.721. The van der Waals surface area contributed by atoms with E-state index < -0.39 is 4.92 Å². The molecule has 1 saturated heterocycles. The molecule has 8 nitrogen and oxygen atoms in total. The molecule has 1 heterocycles. The first-order chi connectivity index (χ1) is 15.8. The van der Waals surface area contributed by atoms with Gasteiger partial charge in [0.1, 0.15) is 0 Å². The van der Waals surface area contributed by atoms with Crippen LogP contribution >= 0.6 is 0 Å². The second-order valence-corrected chi connectivity index (χ2v) is 9.00. The zero-order chi connectivity index (χ0) is 23.3. The molecule has 33 heavy (non-hydrogen) atoms. The maximum Gasteiger partial charge on any atom is 0.269 e. The van der Waals surface area contributed by atoms with Crippen LogP contribution in [0, 0.1) is 40.7 Å². The number of amides is 3. The number of anilines is 2. The molecule has 2 bridgehead atoms. The second-order valence-electron chi connectivity index (χ2n) is 9.00. The second kappa shape index (κ2) is 7.95. The Kier molecular flexibility index (Phi) is 5.08. The minimum Gasteiger partial charge on any atom is -0.326 e. The number of non-ortho nitro benzene ring substituents is 1. The maximum absolute atomic E-state index is 13.1. The van der Waals surface area contributed by atoms with Crippen LogP contribution in [0.15, 0.2) is 54.6 Å². The summed E-state index contributed by atoms with van der Waals surface area (Å²) >= 11 is 0. The van der Waals surface area contributed by atoms with Gasteiger partial charge in [-0.1, -0.05) is 24.3 Å². The van der Waals surface area contributed by atoms with E-state index >= 15 is 0 Å². The summed E-state index contributed by atoms with van der Waals surface area (Å²) in [7, 11) is 0. The van der Waals surface area contributed by atoms with Gasteiger partial charge in [-0.15, -0.1) is 0 Å². The Labute approximate surface area is 190 Å². The molecule has 1 saturated carbocycles. The van der Waals surface area contributed by atoms with E-state index in [0.717, 1.165) is 18.4 Å². The molecule has 4 atom stereocenters. The lowest BCUT2D eigenvalue weighted by Crippen LogP contribution is -2.38. The highest BCUT2D eigenvalue weighted by atomic mass is 16.6. The van der Waals surface area contributed by atoms with Crippen molar-refractivity contribution in [2.45, 2.75) is 26.2 Å². The number of fused-ring (bicyclic) bond motifs is 1. The Morgan fingerprint density at radius 2 is 1.64 bits per heavy atom. The summed E-state index contributed by atoms with van der Waals surface area (Å²) in [5.41, 5.74) is 2.35. The van der Waals surface area contributed by atoms with Crippen molar-refractivity contribution in [1.82, 2.24) is 0 Å². The van der Waals surface area contributed by atoms with Gasteiger partial charge in [-0.25, -0.2) is 0 Å². The fraction of sp³-hybridized carbons (Fsp3) is 0.320. The molecule has 3 amide bonds. The van der Waals surface area contributed by atoms with Crippen molar-refractivity contribution in [3.63, 3.8) is 0 Å². The van der Waals surface area contributed by atoms with Crippen molar-refractivity contribution in [3.05, 3.63) is 75.9 Å². The van der Waals surface area contributed by atoms with Crippen LogP contribution in [0.2, 0.25) is 0 Å². The first-order valence-corrected chi connectivity index (χ1v) is 11.0. The van der Waals surface area contributed by atoms with Gasteiger partial charge < -0.3 is 5.32 Å². The number of benzene rings is 2. The third kappa shape index (κ3) is 3.61. The van der Waals surface area contributed by atoms with Crippen LogP contribution in [0.4, 0.5) is 17.1 Å². The molecule has 4 unspecified atom stereocenters. The molecule has 1 N–H and O–H groups in total. The van der Waals surface area contributed by atoms with Gasteiger partial charge in [0.15, 0.2) is 0 Å². The number of nitrogens with zero attached hydrogens (tertiary/aromatic N) is 2. The number of imide groups is 1. The SMILES string of the molecule is Cc1cc([N+](=O)[O-])ccc1NC(=O)Cc1ccc(N2C(=O)C3C4C=CC(CC4)C3C2=O)cc1. The first-order valence-electron chi connectivity index (χ1n) is 11.0. The van der Waals surface area contributed by atoms with E-state index in [4.69, 9.17) is 0 Å². The number of aryl methyl sites for hydroxylation is 1. The lowest BCUT2D eigenvalue weighted by molar-refractivity contribution is -0.384. The summed E-state index contributed by atoms with van der Waals surface area (Å²) < 4.78 is 0. The van der Waals surface area contributed by atoms with Crippen LogP contribution in [0.1, 0.15) is 24.0 Å². The average Bonchev–Trinajstić information content (AvgIpc) is 3.09. The third-order valence-electron chi connectivity index (χ3n) is 7.01. The van der Waals surface area contributed by atoms with Crippen molar-refractivity contribution in [1.29, 1.82) is 0 Å². The van der Waals surface area contributed by atoms with E-state index in [9.17, 15) is 24.5 Å². The lowest BCUT2D eigenvalue weighted by atomic mass is 9.63. The number of carbonyl (C=O) groups is 3. The fourth-order valence-corrected chi connectivity index (χ4v) is 5.37. The van der Waals surface area contributed by atoms with Crippen LogP contribution < -0.4 is 10.2 Å². The van der Waals surface area contributed by atoms with Crippen molar-refractivity contribution in [2.75, 3.05) is 10.2 Å². The first kappa shape index (κ1) is 21.1. The molecule has 2 aromatic rings. The zero-order valence-corrected chi connectivity index (χ0v) is 18.1. The van der Waals surface area contributed by atoms with Gasteiger partial charge in [0, 0.05) is 17.8 Å². The molecule has 2 fully saturated rings. The van der Waals surface area contributed by atoms with Gasteiger partial charge in [0.2, 0.25) is 17.7 Å². The molecule has 168 valence electrons. The Balaban J connectivity index is 1.27. The number of nitrogens with one attached hydrogen (secondary N) is 1. The van der Waals surface area contributed by atoms with Gasteiger partial charge in [0.25, 0.3) is 5.69 Å². The highest BCUT2D eigenvalue weighted by molar-refractivity contribution is 6.22. The highest BCUT2D eigenvalue weighted by Gasteiger charge is 2.56. The normalized spacial score (nSPS) is 25.3.